The Hall–Kier alpha value is -2.12. The highest BCUT2D eigenvalue weighted by atomic mass is 32.2. The van der Waals surface area contributed by atoms with Gasteiger partial charge in [0.15, 0.2) is 0 Å². The summed E-state index contributed by atoms with van der Waals surface area (Å²) in [5, 5.41) is 4.94. The molecule has 1 N–H and O–H groups in total. The molecular weight excluding hydrogens is 366 g/mol. The van der Waals surface area contributed by atoms with E-state index in [9.17, 15) is 4.79 Å². The van der Waals surface area contributed by atoms with Crippen LogP contribution in [0.3, 0.4) is 0 Å². The number of nitrogens with one attached hydrogen (secondary N) is 1. The Morgan fingerprint density at radius 3 is 3.00 bits per heavy atom. The fraction of sp³-hybridized carbons (Fsp3) is 0.316. The average Bonchev–Trinajstić information content (AvgIpc) is 3.02. The molecule has 0 radical (unpaired) electrons. The van der Waals surface area contributed by atoms with Crippen LogP contribution in [0.2, 0.25) is 0 Å². The quantitative estimate of drug-likeness (QED) is 0.439. The van der Waals surface area contributed by atoms with Gasteiger partial charge >= 0.3 is 0 Å². The van der Waals surface area contributed by atoms with Crippen LogP contribution in [-0.2, 0) is 4.79 Å². The van der Waals surface area contributed by atoms with E-state index in [-0.39, 0.29) is 5.91 Å². The summed E-state index contributed by atoms with van der Waals surface area (Å²) in [6, 6.07) is 9.62. The highest BCUT2D eigenvalue weighted by Crippen LogP contribution is 2.30. The van der Waals surface area contributed by atoms with E-state index in [0.29, 0.717) is 30.2 Å². The Labute approximate surface area is 161 Å². The number of hydrogen-bond acceptors (Lipinski definition) is 6. The van der Waals surface area contributed by atoms with Crippen molar-refractivity contribution < 1.29 is 9.53 Å². The first kappa shape index (κ1) is 18.7. The number of aromatic nitrogens is 2. The molecule has 0 bridgehead atoms. The van der Waals surface area contributed by atoms with Gasteiger partial charge in [-0.25, -0.2) is 9.97 Å². The maximum atomic E-state index is 12.3. The SMILES string of the molecule is CCCOc1ccccc1NC(=O)CCSc1ncnc2sc(C)cc12. The van der Waals surface area contributed by atoms with Gasteiger partial charge in [0.2, 0.25) is 5.91 Å². The summed E-state index contributed by atoms with van der Waals surface area (Å²) in [6.45, 7) is 4.75. The molecule has 0 aliphatic heterocycles. The Morgan fingerprint density at radius 1 is 1.31 bits per heavy atom. The van der Waals surface area contributed by atoms with E-state index in [2.05, 4.69) is 35.2 Å². The van der Waals surface area contributed by atoms with Crippen molar-refractivity contribution >= 4 is 44.9 Å². The lowest BCUT2D eigenvalue weighted by molar-refractivity contribution is -0.115. The number of para-hydroxylation sites is 2. The maximum absolute atomic E-state index is 12.3. The number of anilines is 1. The first-order chi connectivity index (χ1) is 12.7. The third kappa shape index (κ3) is 4.74. The monoisotopic (exact) mass is 387 g/mol. The Kier molecular flexibility index (Phi) is 6.46. The van der Waals surface area contributed by atoms with Crippen LogP contribution in [0.5, 0.6) is 5.75 Å². The standard InChI is InChI=1S/C19H21N3O2S2/c1-3-9-24-16-7-5-4-6-15(16)22-17(23)8-10-25-18-14-11-13(2)26-19(14)21-12-20-18/h4-7,11-12H,3,8-10H2,1-2H3,(H,22,23). The van der Waals surface area contributed by atoms with E-state index in [1.54, 1.807) is 29.4 Å². The topological polar surface area (TPSA) is 64.1 Å². The number of ether oxygens (including phenoxy) is 1. The molecule has 0 fully saturated rings. The number of nitrogens with zero attached hydrogens (tertiary/aromatic N) is 2. The van der Waals surface area contributed by atoms with Crippen LogP contribution in [0.25, 0.3) is 10.2 Å². The number of hydrogen-bond donors (Lipinski definition) is 1. The molecule has 2 aromatic heterocycles. The molecular formula is C19H21N3O2S2. The first-order valence-corrected chi connectivity index (χ1v) is 10.3. The van der Waals surface area contributed by atoms with Gasteiger partial charge in [-0.2, -0.15) is 0 Å². The second kappa shape index (κ2) is 9.00. The third-order valence-corrected chi connectivity index (χ3v) is 5.57. The van der Waals surface area contributed by atoms with Crippen LogP contribution in [0.4, 0.5) is 5.69 Å². The number of rotatable bonds is 8. The minimum atomic E-state index is -0.0307. The van der Waals surface area contributed by atoms with Crippen molar-refractivity contribution in [3.63, 3.8) is 0 Å². The average molecular weight is 388 g/mol. The lowest BCUT2D eigenvalue weighted by Gasteiger charge is -2.11. The van der Waals surface area contributed by atoms with Crippen LogP contribution >= 0.6 is 23.1 Å². The molecule has 3 rings (SSSR count). The molecule has 0 aliphatic carbocycles. The van der Waals surface area contributed by atoms with E-state index >= 15 is 0 Å². The molecule has 7 heteroatoms. The van der Waals surface area contributed by atoms with Gasteiger partial charge in [-0.1, -0.05) is 19.1 Å². The summed E-state index contributed by atoms with van der Waals surface area (Å²) >= 11 is 3.24. The predicted octanol–water partition coefficient (Wildman–Crippen LogP) is 4.91. The lowest BCUT2D eigenvalue weighted by Crippen LogP contribution is -2.13. The molecule has 136 valence electrons. The predicted molar refractivity (Wildman–Crippen MR) is 108 cm³/mol. The lowest BCUT2D eigenvalue weighted by atomic mass is 10.3. The summed E-state index contributed by atoms with van der Waals surface area (Å²) in [5.41, 5.74) is 0.717. The molecule has 2 heterocycles. The molecule has 0 saturated heterocycles. The maximum Gasteiger partial charge on any atom is 0.225 e. The number of benzene rings is 1. The van der Waals surface area contributed by atoms with Gasteiger partial charge in [0.25, 0.3) is 0 Å². The smallest absolute Gasteiger partial charge is 0.225 e. The van der Waals surface area contributed by atoms with Crippen LogP contribution < -0.4 is 10.1 Å². The van der Waals surface area contributed by atoms with E-state index in [1.165, 1.54) is 4.88 Å². The Bertz CT molecular complexity index is 895. The molecule has 0 aliphatic rings. The fourth-order valence-electron chi connectivity index (χ4n) is 2.43. The molecule has 0 saturated carbocycles. The number of thioether (sulfide) groups is 1. The summed E-state index contributed by atoms with van der Waals surface area (Å²) in [7, 11) is 0. The van der Waals surface area contributed by atoms with Crippen molar-refractivity contribution in [1.82, 2.24) is 9.97 Å². The van der Waals surface area contributed by atoms with Crippen molar-refractivity contribution in [3.8, 4) is 5.75 Å². The summed E-state index contributed by atoms with van der Waals surface area (Å²) in [4.78, 5) is 23.1. The molecule has 1 aromatic carbocycles. The normalized spacial score (nSPS) is 10.8. The Morgan fingerprint density at radius 2 is 2.15 bits per heavy atom. The van der Waals surface area contributed by atoms with Gasteiger partial charge in [-0.05, 0) is 31.5 Å². The van der Waals surface area contributed by atoms with Crippen molar-refractivity contribution in [2.75, 3.05) is 17.7 Å². The van der Waals surface area contributed by atoms with Gasteiger partial charge in [-0.15, -0.1) is 23.1 Å². The number of thiophene rings is 1. The van der Waals surface area contributed by atoms with Gasteiger partial charge < -0.3 is 10.1 Å². The third-order valence-electron chi connectivity index (χ3n) is 3.61. The van der Waals surface area contributed by atoms with Crippen LogP contribution in [-0.4, -0.2) is 28.2 Å². The fourth-order valence-corrected chi connectivity index (χ4v) is 4.26. The largest absolute Gasteiger partial charge is 0.491 e. The van der Waals surface area contributed by atoms with Crippen LogP contribution in [0.15, 0.2) is 41.7 Å². The summed E-state index contributed by atoms with van der Waals surface area (Å²) in [5.74, 6) is 1.34. The number of carbonyl (C=O) groups is 1. The zero-order chi connectivity index (χ0) is 18.4. The van der Waals surface area contributed by atoms with Crippen molar-refractivity contribution in [3.05, 3.63) is 41.5 Å². The summed E-state index contributed by atoms with van der Waals surface area (Å²) in [6.07, 6.45) is 2.91. The highest BCUT2D eigenvalue weighted by molar-refractivity contribution is 7.99. The molecule has 26 heavy (non-hydrogen) atoms. The van der Waals surface area contributed by atoms with Gasteiger partial charge in [0.1, 0.15) is 21.9 Å². The molecule has 5 nitrogen and oxygen atoms in total. The van der Waals surface area contributed by atoms with Gasteiger partial charge in [0.05, 0.1) is 12.3 Å². The van der Waals surface area contributed by atoms with Gasteiger partial charge in [-0.3, -0.25) is 4.79 Å². The molecule has 0 unspecified atom stereocenters. The molecule has 3 aromatic rings. The van der Waals surface area contributed by atoms with Crippen molar-refractivity contribution in [2.24, 2.45) is 0 Å². The second-order valence-electron chi connectivity index (χ2n) is 5.75. The minimum Gasteiger partial charge on any atom is -0.491 e. The first-order valence-electron chi connectivity index (χ1n) is 8.53. The van der Waals surface area contributed by atoms with Crippen molar-refractivity contribution in [2.45, 2.75) is 31.7 Å². The molecule has 0 spiro atoms. The molecule has 0 atom stereocenters. The second-order valence-corrected chi connectivity index (χ2v) is 8.06. The summed E-state index contributed by atoms with van der Waals surface area (Å²) < 4.78 is 5.68. The minimum absolute atomic E-state index is 0.0307. The van der Waals surface area contributed by atoms with E-state index < -0.39 is 0 Å². The van der Waals surface area contributed by atoms with Crippen LogP contribution in [0.1, 0.15) is 24.6 Å². The zero-order valence-corrected chi connectivity index (χ0v) is 16.5. The molecule has 1 amide bonds. The number of fused-ring (bicyclic) bond motifs is 1. The number of carbonyl (C=O) groups excluding carboxylic acids is 1. The number of aryl methyl sites for hydroxylation is 1. The van der Waals surface area contributed by atoms with E-state index in [1.807, 2.05) is 24.3 Å². The number of amides is 1. The van der Waals surface area contributed by atoms with E-state index in [4.69, 9.17) is 4.74 Å². The zero-order valence-electron chi connectivity index (χ0n) is 14.8. The van der Waals surface area contributed by atoms with E-state index in [0.717, 1.165) is 21.7 Å². The Balaban J connectivity index is 1.56. The highest BCUT2D eigenvalue weighted by Gasteiger charge is 2.10. The van der Waals surface area contributed by atoms with Crippen LogP contribution in [0, 0.1) is 6.92 Å². The van der Waals surface area contributed by atoms with Gasteiger partial charge in [0, 0.05) is 22.4 Å². The van der Waals surface area contributed by atoms with Crippen molar-refractivity contribution in [1.29, 1.82) is 0 Å².